The molecule has 1 rings (SSSR count). The molecule has 1 heterocycles. The van der Waals surface area contributed by atoms with Gasteiger partial charge in [0.05, 0.1) is 6.54 Å². The molecule has 7 heteroatoms. The summed E-state index contributed by atoms with van der Waals surface area (Å²) in [6.07, 6.45) is 1.14. The van der Waals surface area contributed by atoms with Crippen LogP contribution >= 0.6 is 0 Å². The van der Waals surface area contributed by atoms with E-state index in [0.717, 1.165) is 12.8 Å². The van der Waals surface area contributed by atoms with E-state index in [1.54, 1.807) is 0 Å². The van der Waals surface area contributed by atoms with Crippen LogP contribution < -0.4 is 5.32 Å². The SMILES string of the molecule is CCNCc1nnc(C(C)S(C)(=O)=O)o1. The van der Waals surface area contributed by atoms with Crippen LogP contribution in [0.3, 0.4) is 0 Å². The second-order valence-corrected chi connectivity index (χ2v) is 5.65. The van der Waals surface area contributed by atoms with E-state index in [1.165, 1.54) is 6.92 Å². The Balaban J connectivity index is 2.76. The van der Waals surface area contributed by atoms with Crippen LogP contribution in [0.4, 0.5) is 0 Å². The van der Waals surface area contributed by atoms with Crippen LogP contribution in [-0.4, -0.2) is 31.4 Å². The van der Waals surface area contributed by atoms with Crippen molar-refractivity contribution in [1.82, 2.24) is 15.5 Å². The highest BCUT2D eigenvalue weighted by molar-refractivity contribution is 7.90. The predicted octanol–water partition coefficient (Wildman–Crippen LogP) is 0.285. The van der Waals surface area contributed by atoms with Crippen molar-refractivity contribution in [3.63, 3.8) is 0 Å². The zero-order chi connectivity index (χ0) is 11.5. The quantitative estimate of drug-likeness (QED) is 0.786. The Hall–Kier alpha value is -0.950. The predicted molar refractivity (Wildman–Crippen MR) is 54.9 cm³/mol. The van der Waals surface area contributed by atoms with Crippen LogP contribution in [0, 0.1) is 0 Å². The standard InChI is InChI=1S/C8H15N3O3S/c1-4-9-5-7-10-11-8(14-7)6(2)15(3,12)13/h6,9H,4-5H2,1-3H3. The van der Waals surface area contributed by atoms with Crippen LogP contribution in [0.1, 0.15) is 30.9 Å². The first-order valence-electron chi connectivity index (χ1n) is 4.67. The van der Waals surface area contributed by atoms with Crippen LogP contribution in [0.25, 0.3) is 0 Å². The van der Waals surface area contributed by atoms with E-state index in [-0.39, 0.29) is 5.89 Å². The van der Waals surface area contributed by atoms with Crippen LogP contribution in [-0.2, 0) is 16.4 Å². The largest absolute Gasteiger partial charge is 0.422 e. The molecule has 0 aromatic carbocycles. The number of rotatable bonds is 5. The number of nitrogens with one attached hydrogen (secondary N) is 1. The third-order valence-corrected chi connectivity index (χ3v) is 3.48. The molecule has 0 radical (unpaired) electrons. The Kier molecular flexibility index (Phi) is 3.81. The van der Waals surface area contributed by atoms with Crippen molar-refractivity contribution < 1.29 is 12.8 Å². The Morgan fingerprint density at radius 1 is 1.47 bits per heavy atom. The summed E-state index contributed by atoms with van der Waals surface area (Å²) >= 11 is 0. The average Bonchev–Trinajstić information content (AvgIpc) is 2.60. The summed E-state index contributed by atoms with van der Waals surface area (Å²) in [4.78, 5) is 0. The second-order valence-electron chi connectivity index (χ2n) is 3.29. The zero-order valence-corrected chi connectivity index (χ0v) is 9.84. The molecule has 0 amide bonds. The third-order valence-electron chi connectivity index (χ3n) is 2.00. The second kappa shape index (κ2) is 4.71. The highest BCUT2D eigenvalue weighted by Gasteiger charge is 2.23. The Labute approximate surface area is 89.0 Å². The topological polar surface area (TPSA) is 85.1 Å². The molecular formula is C8H15N3O3S. The molecule has 1 N–H and O–H groups in total. The fourth-order valence-corrected chi connectivity index (χ4v) is 1.38. The molecule has 0 spiro atoms. The first-order valence-corrected chi connectivity index (χ1v) is 6.62. The minimum absolute atomic E-state index is 0.144. The summed E-state index contributed by atoms with van der Waals surface area (Å²) in [6, 6.07) is 0. The van der Waals surface area contributed by atoms with Gasteiger partial charge in [-0.1, -0.05) is 6.92 Å². The molecule has 1 aromatic rings. The lowest BCUT2D eigenvalue weighted by Crippen LogP contribution is -2.11. The highest BCUT2D eigenvalue weighted by Crippen LogP contribution is 2.18. The maximum absolute atomic E-state index is 11.2. The molecular weight excluding hydrogens is 218 g/mol. The van der Waals surface area contributed by atoms with Crippen molar-refractivity contribution in [1.29, 1.82) is 0 Å². The van der Waals surface area contributed by atoms with E-state index in [0.29, 0.717) is 12.4 Å². The fraction of sp³-hybridized carbons (Fsp3) is 0.750. The molecule has 0 fully saturated rings. The van der Waals surface area contributed by atoms with Gasteiger partial charge in [0.1, 0.15) is 5.25 Å². The first-order chi connectivity index (χ1) is 6.95. The first kappa shape index (κ1) is 12.1. The molecule has 6 nitrogen and oxygen atoms in total. The normalized spacial score (nSPS) is 14.1. The van der Waals surface area contributed by atoms with Gasteiger partial charge in [0.15, 0.2) is 9.84 Å². The van der Waals surface area contributed by atoms with Crippen molar-refractivity contribution >= 4 is 9.84 Å². The van der Waals surface area contributed by atoms with E-state index in [2.05, 4.69) is 15.5 Å². The lowest BCUT2D eigenvalue weighted by atomic mass is 10.5. The minimum Gasteiger partial charge on any atom is -0.422 e. The number of nitrogens with zero attached hydrogens (tertiary/aromatic N) is 2. The molecule has 15 heavy (non-hydrogen) atoms. The third kappa shape index (κ3) is 3.28. The molecule has 86 valence electrons. The van der Waals surface area contributed by atoms with Crippen molar-refractivity contribution in [3.8, 4) is 0 Å². The van der Waals surface area contributed by atoms with Gasteiger partial charge in [-0.3, -0.25) is 0 Å². The van der Waals surface area contributed by atoms with Gasteiger partial charge in [-0.2, -0.15) is 0 Å². The lowest BCUT2D eigenvalue weighted by molar-refractivity contribution is 0.431. The molecule has 1 unspecified atom stereocenters. The molecule has 0 aliphatic rings. The van der Waals surface area contributed by atoms with Crippen LogP contribution in [0.5, 0.6) is 0 Å². The average molecular weight is 233 g/mol. The Bertz CT molecular complexity index is 413. The van der Waals surface area contributed by atoms with Gasteiger partial charge in [0.2, 0.25) is 11.8 Å². The fourth-order valence-electron chi connectivity index (χ4n) is 0.917. The summed E-state index contributed by atoms with van der Waals surface area (Å²) < 4.78 is 27.6. The minimum atomic E-state index is -3.18. The van der Waals surface area contributed by atoms with Gasteiger partial charge in [0.25, 0.3) is 0 Å². The van der Waals surface area contributed by atoms with E-state index in [1.807, 2.05) is 6.92 Å². The van der Waals surface area contributed by atoms with E-state index >= 15 is 0 Å². The highest BCUT2D eigenvalue weighted by atomic mass is 32.2. The van der Waals surface area contributed by atoms with E-state index in [9.17, 15) is 8.42 Å². The van der Waals surface area contributed by atoms with Gasteiger partial charge in [0, 0.05) is 6.26 Å². The van der Waals surface area contributed by atoms with Gasteiger partial charge >= 0.3 is 0 Å². The maximum atomic E-state index is 11.2. The van der Waals surface area contributed by atoms with E-state index < -0.39 is 15.1 Å². The van der Waals surface area contributed by atoms with Crippen molar-refractivity contribution in [3.05, 3.63) is 11.8 Å². The summed E-state index contributed by atoms with van der Waals surface area (Å²) in [6.45, 7) is 4.73. The van der Waals surface area contributed by atoms with Crippen LogP contribution in [0.15, 0.2) is 4.42 Å². The molecule has 0 bridgehead atoms. The zero-order valence-electron chi connectivity index (χ0n) is 9.02. The Morgan fingerprint density at radius 3 is 2.67 bits per heavy atom. The smallest absolute Gasteiger partial charge is 0.234 e. The van der Waals surface area contributed by atoms with Crippen molar-refractivity contribution in [2.24, 2.45) is 0 Å². The number of sulfone groups is 1. The number of hydrogen-bond acceptors (Lipinski definition) is 6. The molecule has 0 saturated heterocycles. The lowest BCUT2D eigenvalue weighted by Gasteiger charge is -2.02. The number of hydrogen-bond donors (Lipinski definition) is 1. The summed E-state index contributed by atoms with van der Waals surface area (Å²) in [5, 5.41) is 9.70. The Morgan fingerprint density at radius 2 is 2.13 bits per heavy atom. The molecule has 0 aliphatic heterocycles. The number of aromatic nitrogens is 2. The van der Waals surface area contributed by atoms with Gasteiger partial charge in [-0.05, 0) is 13.5 Å². The van der Waals surface area contributed by atoms with Crippen molar-refractivity contribution in [2.45, 2.75) is 25.6 Å². The molecule has 1 atom stereocenters. The van der Waals surface area contributed by atoms with Crippen LogP contribution in [0.2, 0.25) is 0 Å². The molecule has 0 saturated carbocycles. The van der Waals surface area contributed by atoms with Gasteiger partial charge in [-0.25, -0.2) is 8.42 Å². The maximum Gasteiger partial charge on any atom is 0.234 e. The molecule has 0 aliphatic carbocycles. The summed E-state index contributed by atoms with van der Waals surface area (Å²) in [5.41, 5.74) is 0. The van der Waals surface area contributed by atoms with Crippen molar-refractivity contribution in [2.75, 3.05) is 12.8 Å². The summed E-state index contributed by atoms with van der Waals surface area (Å²) in [5.74, 6) is 0.549. The van der Waals surface area contributed by atoms with Gasteiger partial charge in [-0.15, -0.1) is 10.2 Å². The van der Waals surface area contributed by atoms with Gasteiger partial charge < -0.3 is 9.73 Å². The summed E-state index contributed by atoms with van der Waals surface area (Å²) in [7, 11) is -3.18. The van der Waals surface area contributed by atoms with E-state index in [4.69, 9.17) is 4.42 Å². The molecule has 1 aromatic heterocycles. The monoisotopic (exact) mass is 233 g/mol.